The third kappa shape index (κ3) is 4.06. The molecular formula is C19H24N2O3. The van der Waals surface area contributed by atoms with Crippen molar-refractivity contribution in [1.29, 1.82) is 0 Å². The second kappa shape index (κ2) is 7.84. The van der Waals surface area contributed by atoms with Crippen LogP contribution in [-0.4, -0.2) is 18.3 Å². The molecule has 2 aromatic rings. The van der Waals surface area contributed by atoms with Crippen molar-refractivity contribution in [1.82, 2.24) is 5.32 Å². The van der Waals surface area contributed by atoms with Crippen LogP contribution < -0.4 is 15.1 Å². The molecule has 0 radical (unpaired) electrons. The quantitative estimate of drug-likeness (QED) is 0.644. The molecule has 0 heterocycles. The van der Waals surface area contributed by atoms with E-state index in [0.717, 1.165) is 28.9 Å². The summed E-state index contributed by atoms with van der Waals surface area (Å²) in [7, 11) is 1.47. The maximum Gasteiger partial charge on any atom is 0.345 e. The van der Waals surface area contributed by atoms with Crippen molar-refractivity contribution >= 4 is 11.7 Å². The fraction of sp³-hybridized carbons (Fsp3) is 0.316. The smallest absolute Gasteiger partial charge is 0.345 e. The molecule has 0 aliphatic rings. The molecule has 5 nitrogen and oxygen atoms in total. The first-order valence-electron chi connectivity index (χ1n) is 7.98. The van der Waals surface area contributed by atoms with Crippen LogP contribution in [0.15, 0.2) is 36.4 Å². The highest BCUT2D eigenvalue weighted by atomic mass is 16.5. The zero-order valence-corrected chi connectivity index (χ0v) is 14.6. The molecule has 2 rings (SSSR count). The van der Waals surface area contributed by atoms with Crippen molar-refractivity contribution in [2.45, 2.75) is 33.8 Å². The van der Waals surface area contributed by atoms with E-state index in [9.17, 15) is 10.0 Å². The van der Waals surface area contributed by atoms with Crippen molar-refractivity contribution < 1.29 is 14.7 Å². The van der Waals surface area contributed by atoms with Gasteiger partial charge in [-0.2, -0.15) is 5.06 Å². The Morgan fingerprint density at radius 1 is 1.21 bits per heavy atom. The van der Waals surface area contributed by atoms with Crippen LogP contribution in [0.2, 0.25) is 0 Å². The first-order chi connectivity index (χ1) is 11.5. The van der Waals surface area contributed by atoms with E-state index < -0.39 is 6.03 Å². The maximum atomic E-state index is 11.7. The largest absolute Gasteiger partial charge is 0.489 e. The average Bonchev–Trinajstić information content (AvgIpc) is 2.59. The van der Waals surface area contributed by atoms with Gasteiger partial charge in [-0.3, -0.25) is 5.21 Å². The van der Waals surface area contributed by atoms with Gasteiger partial charge < -0.3 is 10.1 Å². The number of nitrogens with one attached hydrogen (secondary N) is 1. The molecule has 0 atom stereocenters. The van der Waals surface area contributed by atoms with E-state index in [2.05, 4.69) is 18.3 Å². The number of carbonyl (C=O) groups is 1. The Labute approximate surface area is 142 Å². The highest BCUT2D eigenvalue weighted by Gasteiger charge is 2.16. The molecule has 0 unspecified atom stereocenters. The van der Waals surface area contributed by atoms with Gasteiger partial charge in [0.25, 0.3) is 0 Å². The molecule has 0 fully saturated rings. The number of hydrogen-bond donors (Lipinski definition) is 2. The Kier molecular flexibility index (Phi) is 5.82. The average molecular weight is 328 g/mol. The summed E-state index contributed by atoms with van der Waals surface area (Å²) in [4.78, 5) is 11.7. The number of hydrogen-bond acceptors (Lipinski definition) is 3. The van der Waals surface area contributed by atoms with Gasteiger partial charge in [-0.25, -0.2) is 4.79 Å². The first kappa shape index (κ1) is 17.8. The molecule has 2 aromatic carbocycles. The number of hydroxylamine groups is 1. The summed E-state index contributed by atoms with van der Waals surface area (Å²) >= 11 is 0. The molecule has 0 bridgehead atoms. The van der Waals surface area contributed by atoms with Gasteiger partial charge in [0.15, 0.2) is 0 Å². The summed E-state index contributed by atoms with van der Waals surface area (Å²) < 4.78 is 5.91. The number of rotatable bonds is 5. The van der Waals surface area contributed by atoms with Crippen molar-refractivity contribution in [3.05, 3.63) is 58.7 Å². The summed E-state index contributed by atoms with van der Waals surface area (Å²) in [6.45, 7) is 6.34. The molecule has 0 spiro atoms. The normalized spacial score (nSPS) is 10.4. The minimum atomic E-state index is -0.594. The Hall–Kier alpha value is -2.53. The number of aryl methyl sites for hydroxylation is 3. The van der Waals surface area contributed by atoms with Crippen LogP contribution >= 0.6 is 0 Å². The Bertz CT molecular complexity index is 729. The molecule has 0 aliphatic carbocycles. The summed E-state index contributed by atoms with van der Waals surface area (Å²) in [6.07, 6.45) is 0.981. The third-order valence-electron chi connectivity index (χ3n) is 3.90. The van der Waals surface area contributed by atoms with Crippen LogP contribution in [-0.2, 0) is 13.0 Å². The number of carbonyl (C=O) groups excluding carboxylic acids is 1. The van der Waals surface area contributed by atoms with Gasteiger partial charge in [0.2, 0.25) is 0 Å². The molecule has 0 aromatic heterocycles. The van der Waals surface area contributed by atoms with Crippen molar-refractivity contribution in [2.75, 3.05) is 12.1 Å². The fourth-order valence-electron chi connectivity index (χ4n) is 2.50. The predicted octanol–water partition coefficient (Wildman–Crippen LogP) is 3.98. The monoisotopic (exact) mass is 328 g/mol. The lowest BCUT2D eigenvalue weighted by molar-refractivity contribution is 0.205. The fourth-order valence-corrected chi connectivity index (χ4v) is 2.50. The van der Waals surface area contributed by atoms with Crippen molar-refractivity contribution in [3.8, 4) is 5.75 Å². The molecule has 0 saturated heterocycles. The Morgan fingerprint density at radius 3 is 2.58 bits per heavy atom. The standard InChI is InChI=1S/C19H24N2O3/c1-5-15-7-9-18(14(3)11-15)24-12-16-10-13(2)6-8-17(16)21(23)19(22)20-4/h6-11,23H,5,12H2,1-4H3,(H,20,22). The van der Waals surface area contributed by atoms with Crippen LogP contribution in [0.25, 0.3) is 0 Å². The lowest BCUT2D eigenvalue weighted by Crippen LogP contribution is -2.36. The molecule has 0 saturated carbocycles. The number of anilines is 1. The van der Waals surface area contributed by atoms with Crippen LogP contribution in [0, 0.1) is 13.8 Å². The van der Waals surface area contributed by atoms with Crippen molar-refractivity contribution in [3.63, 3.8) is 0 Å². The predicted molar refractivity (Wildman–Crippen MR) is 94.8 cm³/mol. The lowest BCUT2D eigenvalue weighted by Gasteiger charge is -2.19. The van der Waals surface area contributed by atoms with Crippen LogP contribution in [0.5, 0.6) is 5.75 Å². The van der Waals surface area contributed by atoms with E-state index >= 15 is 0 Å². The highest BCUT2D eigenvalue weighted by molar-refractivity contribution is 5.90. The molecule has 5 heteroatoms. The van der Waals surface area contributed by atoms with E-state index in [1.165, 1.54) is 12.6 Å². The van der Waals surface area contributed by atoms with Gasteiger partial charge in [-0.1, -0.05) is 36.8 Å². The SMILES string of the molecule is CCc1ccc(OCc2cc(C)ccc2N(O)C(=O)NC)c(C)c1. The molecule has 24 heavy (non-hydrogen) atoms. The number of ether oxygens (including phenoxy) is 1. The van der Waals surface area contributed by atoms with Gasteiger partial charge >= 0.3 is 6.03 Å². The molecule has 2 N–H and O–H groups in total. The Balaban J connectivity index is 2.23. The molecule has 2 amide bonds. The van der Waals surface area contributed by atoms with Crippen molar-refractivity contribution in [2.24, 2.45) is 0 Å². The zero-order valence-electron chi connectivity index (χ0n) is 14.6. The number of urea groups is 1. The number of nitrogens with zero attached hydrogens (tertiary/aromatic N) is 1. The zero-order chi connectivity index (χ0) is 17.7. The third-order valence-corrected chi connectivity index (χ3v) is 3.90. The highest BCUT2D eigenvalue weighted by Crippen LogP contribution is 2.25. The van der Waals surface area contributed by atoms with E-state index in [1.54, 1.807) is 6.07 Å². The second-order valence-corrected chi connectivity index (χ2v) is 5.74. The second-order valence-electron chi connectivity index (χ2n) is 5.74. The van der Waals surface area contributed by atoms with E-state index in [-0.39, 0.29) is 6.61 Å². The topological polar surface area (TPSA) is 61.8 Å². The summed E-state index contributed by atoms with van der Waals surface area (Å²) in [5, 5.41) is 13.0. The number of amides is 2. The summed E-state index contributed by atoms with van der Waals surface area (Å²) in [6, 6.07) is 11.0. The summed E-state index contributed by atoms with van der Waals surface area (Å²) in [5.41, 5.74) is 4.50. The van der Waals surface area contributed by atoms with E-state index in [4.69, 9.17) is 4.74 Å². The Morgan fingerprint density at radius 2 is 1.96 bits per heavy atom. The number of benzene rings is 2. The minimum absolute atomic E-state index is 0.261. The summed E-state index contributed by atoms with van der Waals surface area (Å²) in [5.74, 6) is 0.795. The van der Waals surface area contributed by atoms with Crippen LogP contribution in [0.4, 0.5) is 10.5 Å². The molecule has 128 valence electrons. The van der Waals surface area contributed by atoms with Gasteiger partial charge in [-0.15, -0.1) is 0 Å². The first-order valence-corrected chi connectivity index (χ1v) is 7.98. The molecule has 0 aliphatic heterocycles. The van der Waals surface area contributed by atoms with E-state index in [0.29, 0.717) is 10.8 Å². The van der Waals surface area contributed by atoms with Gasteiger partial charge in [0, 0.05) is 12.6 Å². The maximum absolute atomic E-state index is 11.7. The van der Waals surface area contributed by atoms with Gasteiger partial charge in [-0.05, 0) is 43.5 Å². The molecular weight excluding hydrogens is 304 g/mol. The minimum Gasteiger partial charge on any atom is -0.489 e. The van der Waals surface area contributed by atoms with Crippen LogP contribution in [0.3, 0.4) is 0 Å². The van der Waals surface area contributed by atoms with Gasteiger partial charge in [0.1, 0.15) is 12.4 Å². The lowest BCUT2D eigenvalue weighted by atomic mass is 10.1. The van der Waals surface area contributed by atoms with Crippen LogP contribution in [0.1, 0.15) is 29.2 Å². The van der Waals surface area contributed by atoms with Gasteiger partial charge in [0.05, 0.1) is 5.69 Å². The van der Waals surface area contributed by atoms with E-state index in [1.807, 2.05) is 38.1 Å².